The maximum atomic E-state index is 11.9. The number of allylic oxidation sites excluding steroid dienone is 2. The summed E-state index contributed by atoms with van der Waals surface area (Å²) in [5.41, 5.74) is 4.07. The molecule has 0 spiro atoms. The number of aromatic carboxylic acids is 1. The first-order chi connectivity index (χ1) is 17.1. The van der Waals surface area contributed by atoms with Gasteiger partial charge >= 0.3 is 5.97 Å². The molecule has 2 heteroatoms. The summed E-state index contributed by atoms with van der Waals surface area (Å²) in [6, 6.07) is 7.74. The second kappa shape index (κ2) is 9.95. The van der Waals surface area contributed by atoms with Crippen LogP contribution in [0.25, 0.3) is 0 Å². The van der Waals surface area contributed by atoms with Crippen molar-refractivity contribution in [2.75, 3.05) is 0 Å². The first-order valence-corrected chi connectivity index (χ1v) is 15.2. The van der Waals surface area contributed by atoms with E-state index in [4.69, 9.17) is 0 Å². The van der Waals surface area contributed by atoms with Crippen molar-refractivity contribution in [1.29, 1.82) is 0 Å². The van der Waals surface area contributed by atoms with E-state index in [-0.39, 0.29) is 0 Å². The van der Waals surface area contributed by atoms with Gasteiger partial charge in [-0.1, -0.05) is 83.7 Å². The molecule has 5 rings (SSSR count). The molecular weight excluding hydrogens is 440 g/mol. The highest BCUT2D eigenvalue weighted by Gasteiger charge is 2.59. The zero-order valence-electron chi connectivity index (χ0n) is 23.6. The van der Waals surface area contributed by atoms with Gasteiger partial charge in [-0.15, -0.1) is 0 Å². The van der Waals surface area contributed by atoms with Crippen molar-refractivity contribution in [3.63, 3.8) is 0 Å². The maximum absolute atomic E-state index is 11.9. The molecule has 1 N–H and O–H groups in total. The van der Waals surface area contributed by atoms with Crippen LogP contribution in [0.4, 0.5) is 0 Å². The Hall–Kier alpha value is -1.57. The Morgan fingerprint density at radius 2 is 1.78 bits per heavy atom. The van der Waals surface area contributed by atoms with E-state index in [0.717, 1.165) is 53.9 Å². The minimum absolute atomic E-state index is 0.319. The van der Waals surface area contributed by atoms with Crippen LogP contribution in [0.2, 0.25) is 0 Å². The zero-order valence-corrected chi connectivity index (χ0v) is 23.6. The third kappa shape index (κ3) is 4.39. The number of hydrogen-bond donors (Lipinski definition) is 1. The number of hydrogen-bond acceptors (Lipinski definition) is 1. The highest BCUT2D eigenvalue weighted by Crippen LogP contribution is 2.68. The molecule has 0 amide bonds. The molecule has 0 aromatic heterocycles. The Morgan fingerprint density at radius 1 is 1.00 bits per heavy atom. The summed E-state index contributed by atoms with van der Waals surface area (Å²) >= 11 is 0. The molecule has 3 saturated carbocycles. The number of carbonyl (C=O) groups is 1. The smallest absolute Gasteiger partial charge is 0.335 e. The van der Waals surface area contributed by atoms with E-state index in [2.05, 4.69) is 46.8 Å². The summed E-state index contributed by atoms with van der Waals surface area (Å²) in [7, 11) is 0. The lowest BCUT2D eigenvalue weighted by atomic mass is 9.46. The predicted molar refractivity (Wildman–Crippen MR) is 149 cm³/mol. The average Bonchev–Trinajstić information content (AvgIpc) is 3.20. The van der Waals surface area contributed by atoms with Gasteiger partial charge in [0, 0.05) is 0 Å². The van der Waals surface area contributed by atoms with Crippen molar-refractivity contribution in [3.05, 3.63) is 47.0 Å². The van der Waals surface area contributed by atoms with Crippen LogP contribution in [0.1, 0.15) is 127 Å². The molecule has 4 aliphatic carbocycles. The van der Waals surface area contributed by atoms with Gasteiger partial charge in [0.05, 0.1) is 5.56 Å². The molecule has 36 heavy (non-hydrogen) atoms. The third-order valence-electron chi connectivity index (χ3n) is 11.9. The Bertz CT molecular complexity index is 991. The van der Waals surface area contributed by atoms with Gasteiger partial charge < -0.3 is 5.11 Å². The van der Waals surface area contributed by atoms with Crippen LogP contribution in [-0.2, 0) is 0 Å². The van der Waals surface area contributed by atoms with E-state index in [1.54, 1.807) is 11.6 Å². The molecule has 0 heterocycles. The minimum atomic E-state index is -0.780. The fourth-order valence-electron chi connectivity index (χ4n) is 10.00. The number of benzene rings is 1. The predicted octanol–water partition coefficient (Wildman–Crippen LogP) is 9.51. The van der Waals surface area contributed by atoms with Gasteiger partial charge in [-0.25, -0.2) is 4.79 Å². The topological polar surface area (TPSA) is 37.3 Å². The fraction of sp³-hybridized carbons (Fsp3) is 0.735. The Labute approximate surface area is 220 Å². The summed E-state index contributed by atoms with van der Waals surface area (Å²) < 4.78 is 0. The van der Waals surface area contributed by atoms with Crippen molar-refractivity contribution < 1.29 is 9.90 Å². The van der Waals surface area contributed by atoms with Gasteiger partial charge in [-0.3, -0.25) is 0 Å². The maximum Gasteiger partial charge on any atom is 0.335 e. The summed E-state index contributed by atoms with van der Waals surface area (Å²) in [5.74, 6) is 4.75. The molecule has 1 aromatic carbocycles. The highest BCUT2D eigenvalue weighted by molar-refractivity contribution is 5.89. The van der Waals surface area contributed by atoms with Crippen molar-refractivity contribution in [2.45, 2.75) is 111 Å². The van der Waals surface area contributed by atoms with E-state index in [1.165, 1.54) is 57.8 Å². The number of carboxylic acids is 1. The molecule has 4 aliphatic rings. The van der Waals surface area contributed by atoms with Crippen molar-refractivity contribution in [2.24, 2.45) is 46.3 Å². The second-order valence-electron chi connectivity index (χ2n) is 14.1. The summed E-state index contributed by atoms with van der Waals surface area (Å²) in [4.78, 5) is 11.9. The van der Waals surface area contributed by atoms with Crippen LogP contribution in [0.15, 0.2) is 35.9 Å². The number of rotatable bonds is 7. The molecule has 3 fully saturated rings. The van der Waals surface area contributed by atoms with Gasteiger partial charge in [-0.2, -0.15) is 0 Å². The molecule has 0 unspecified atom stereocenters. The minimum Gasteiger partial charge on any atom is -0.478 e. The highest BCUT2D eigenvalue weighted by atomic mass is 16.4. The standard InChI is InChI=1S/C34H50O2/c1-22(2)9-8-10-23(3)29-15-16-30-28-14-13-25-21-24(26-11-6-7-12-27(26)32(35)36)17-19-33(25,4)31(28)18-20-34(29,30)5/h6-7,11-13,22-24,28-31H,8-10,14-21H2,1-5H3,(H,35,36)/t23-,24+,28+,29-,30+,31+,33+,34-/m1/s1. The Balaban J connectivity index is 1.32. The zero-order chi connectivity index (χ0) is 25.7. The van der Waals surface area contributed by atoms with Gasteiger partial charge in [0.25, 0.3) is 0 Å². The molecule has 0 radical (unpaired) electrons. The van der Waals surface area contributed by atoms with Crippen LogP contribution in [0, 0.1) is 46.3 Å². The normalized spacial score (nSPS) is 38.6. The number of fused-ring (bicyclic) bond motifs is 5. The van der Waals surface area contributed by atoms with Crippen molar-refractivity contribution in [3.8, 4) is 0 Å². The summed E-state index contributed by atoms with van der Waals surface area (Å²) in [6.07, 6.45) is 17.2. The first kappa shape index (κ1) is 26.1. The molecule has 0 bridgehead atoms. The Morgan fingerprint density at radius 3 is 2.53 bits per heavy atom. The lowest BCUT2D eigenvalue weighted by Crippen LogP contribution is -2.50. The first-order valence-electron chi connectivity index (χ1n) is 15.2. The third-order valence-corrected chi connectivity index (χ3v) is 11.9. The SMILES string of the molecule is CC(C)CCC[C@@H](C)[C@H]1CC[C@H]2[C@@H]3CC=C4C[C@@H](c5ccccc5C(=O)O)CC[C@]4(C)[C@H]3CC[C@]12C. The van der Waals surface area contributed by atoms with Gasteiger partial charge in [0.15, 0.2) is 0 Å². The quantitative estimate of drug-likeness (QED) is 0.386. The van der Waals surface area contributed by atoms with Gasteiger partial charge in [0.2, 0.25) is 0 Å². The summed E-state index contributed by atoms with van der Waals surface area (Å²) in [5, 5.41) is 9.76. The summed E-state index contributed by atoms with van der Waals surface area (Å²) in [6.45, 7) is 12.6. The largest absolute Gasteiger partial charge is 0.478 e. The van der Waals surface area contributed by atoms with Gasteiger partial charge in [0.1, 0.15) is 0 Å². The lowest BCUT2D eigenvalue weighted by Gasteiger charge is -2.58. The number of carboxylic acid groups (broad SMARTS) is 1. The van der Waals surface area contributed by atoms with Crippen molar-refractivity contribution in [1.82, 2.24) is 0 Å². The molecule has 0 aliphatic heterocycles. The molecular formula is C34H50O2. The molecule has 8 atom stereocenters. The molecule has 2 nitrogen and oxygen atoms in total. The van der Waals surface area contributed by atoms with Crippen LogP contribution in [-0.4, -0.2) is 11.1 Å². The van der Waals surface area contributed by atoms with Crippen LogP contribution in [0.5, 0.6) is 0 Å². The molecule has 1 aromatic rings. The molecule has 0 saturated heterocycles. The van der Waals surface area contributed by atoms with Gasteiger partial charge in [-0.05, 0) is 115 Å². The van der Waals surface area contributed by atoms with E-state index in [9.17, 15) is 9.90 Å². The van der Waals surface area contributed by atoms with E-state index < -0.39 is 5.97 Å². The fourth-order valence-corrected chi connectivity index (χ4v) is 10.00. The molecule has 198 valence electrons. The monoisotopic (exact) mass is 490 g/mol. The van der Waals surface area contributed by atoms with E-state index in [0.29, 0.717) is 22.3 Å². The Kier molecular flexibility index (Phi) is 7.20. The second-order valence-corrected chi connectivity index (χ2v) is 14.1. The van der Waals surface area contributed by atoms with E-state index >= 15 is 0 Å². The van der Waals surface area contributed by atoms with Crippen molar-refractivity contribution >= 4 is 5.97 Å². The van der Waals surface area contributed by atoms with Crippen LogP contribution in [0.3, 0.4) is 0 Å². The lowest BCUT2D eigenvalue weighted by molar-refractivity contribution is -0.0510. The van der Waals surface area contributed by atoms with E-state index in [1.807, 2.05) is 12.1 Å². The average molecular weight is 491 g/mol. The van der Waals surface area contributed by atoms with Crippen LogP contribution < -0.4 is 0 Å². The van der Waals surface area contributed by atoms with Crippen LogP contribution >= 0.6 is 0 Å².